The molecule has 212 valence electrons. The summed E-state index contributed by atoms with van der Waals surface area (Å²) in [4.78, 5) is 26.4. The maximum Gasteiger partial charge on any atom is 0.404 e. The van der Waals surface area contributed by atoms with Crippen molar-refractivity contribution in [2.24, 2.45) is 11.7 Å². The van der Waals surface area contributed by atoms with Crippen molar-refractivity contribution in [1.82, 2.24) is 10.2 Å². The second kappa shape index (κ2) is 13.3. The summed E-state index contributed by atoms with van der Waals surface area (Å²) in [6, 6.07) is 21.1. The molecule has 0 aliphatic carbocycles. The number of halogens is 1. The number of carboxylic acid groups (broad SMARTS) is 1. The van der Waals surface area contributed by atoms with Crippen LogP contribution in [0.15, 0.2) is 66.7 Å². The lowest BCUT2D eigenvalue weighted by atomic mass is 9.72. The van der Waals surface area contributed by atoms with Crippen LogP contribution in [-0.2, 0) is 18.6 Å². The number of nitrogens with two attached hydrogens (primary N) is 1. The van der Waals surface area contributed by atoms with E-state index in [0.717, 1.165) is 41.5 Å². The number of hydrogen-bond acceptors (Lipinski definition) is 4. The molecule has 0 spiro atoms. The van der Waals surface area contributed by atoms with E-state index in [1.807, 2.05) is 47.4 Å². The van der Waals surface area contributed by atoms with Crippen LogP contribution in [0.25, 0.3) is 11.1 Å². The Morgan fingerprint density at radius 2 is 1.85 bits per heavy atom. The molecule has 1 heterocycles. The van der Waals surface area contributed by atoms with Crippen molar-refractivity contribution >= 4 is 23.6 Å². The standard InChI is InChI=1S/C32H38ClN3O4/c1-2-22-7-3-8-25(19-22)29-27(10-4-11-28(29)33)32(40,16-6-17-35-31(38)39)26-9-5-18-36(21-26)30(37)24-14-12-23(20-34)13-15-24/h3-4,7-8,10-15,19,26,35,40H,2,5-6,9,16-18,20-21,34H2,1H3,(H,38,39)/t26-,32+/m1/s1. The fourth-order valence-electron chi connectivity index (χ4n) is 5.75. The highest BCUT2D eigenvalue weighted by Gasteiger charge is 2.43. The Kier molecular flexibility index (Phi) is 9.85. The van der Waals surface area contributed by atoms with Gasteiger partial charge in [-0.05, 0) is 72.6 Å². The van der Waals surface area contributed by atoms with Crippen molar-refractivity contribution in [3.8, 4) is 11.1 Å². The molecule has 3 aromatic rings. The first kappa shape index (κ1) is 29.6. The minimum Gasteiger partial charge on any atom is -0.465 e. The summed E-state index contributed by atoms with van der Waals surface area (Å²) in [6.07, 6.45) is 1.97. The van der Waals surface area contributed by atoms with Gasteiger partial charge in [0, 0.05) is 48.2 Å². The number of hydrogen-bond donors (Lipinski definition) is 4. The van der Waals surface area contributed by atoms with Gasteiger partial charge >= 0.3 is 6.09 Å². The molecule has 0 bridgehead atoms. The number of nitrogens with one attached hydrogen (secondary N) is 1. The maximum atomic E-state index is 13.5. The van der Waals surface area contributed by atoms with Crippen LogP contribution in [0.3, 0.4) is 0 Å². The first-order chi connectivity index (χ1) is 19.3. The van der Waals surface area contributed by atoms with Gasteiger partial charge in [0.05, 0.1) is 5.60 Å². The van der Waals surface area contributed by atoms with E-state index in [-0.39, 0.29) is 18.4 Å². The minimum absolute atomic E-state index is 0.0786. The van der Waals surface area contributed by atoms with Crippen LogP contribution in [0.2, 0.25) is 5.02 Å². The number of piperidine rings is 1. The lowest BCUT2D eigenvalue weighted by molar-refractivity contribution is -0.0563. The first-order valence-electron chi connectivity index (χ1n) is 13.9. The number of benzene rings is 3. The van der Waals surface area contributed by atoms with Gasteiger partial charge in [0.15, 0.2) is 0 Å². The van der Waals surface area contributed by atoms with Crippen LogP contribution in [0.5, 0.6) is 0 Å². The Morgan fingerprint density at radius 3 is 2.55 bits per heavy atom. The van der Waals surface area contributed by atoms with Crippen molar-refractivity contribution < 1.29 is 19.8 Å². The third-order valence-electron chi connectivity index (χ3n) is 7.94. The smallest absolute Gasteiger partial charge is 0.404 e. The number of amides is 2. The molecule has 1 fully saturated rings. The number of carbonyl (C=O) groups excluding carboxylic acids is 1. The average molecular weight is 564 g/mol. The lowest BCUT2D eigenvalue weighted by Gasteiger charge is -2.44. The molecule has 1 saturated heterocycles. The van der Waals surface area contributed by atoms with Crippen molar-refractivity contribution in [2.45, 2.75) is 51.2 Å². The lowest BCUT2D eigenvalue weighted by Crippen LogP contribution is -2.48. The highest BCUT2D eigenvalue weighted by molar-refractivity contribution is 6.33. The molecular weight excluding hydrogens is 526 g/mol. The van der Waals surface area contributed by atoms with E-state index in [4.69, 9.17) is 22.4 Å². The molecule has 8 heteroatoms. The Hall–Kier alpha value is -3.39. The van der Waals surface area contributed by atoms with E-state index >= 15 is 0 Å². The first-order valence-corrected chi connectivity index (χ1v) is 14.3. The van der Waals surface area contributed by atoms with Gasteiger partial charge in [-0.25, -0.2) is 4.79 Å². The molecule has 3 aromatic carbocycles. The largest absolute Gasteiger partial charge is 0.465 e. The summed E-state index contributed by atoms with van der Waals surface area (Å²) in [5.41, 5.74) is 9.48. The van der Waals surface area contributed by atoms with Crippen molar-refractivity contribution in [3.05, 3.63) is 94.0 Å². The monoisotopic (exact) mass is 563 g/mol. The van der Waals surface area contributed by atoms with Crippen LogP contribution in [0, 0.1) is 5.92 Å². The van der Waals surface area contributed by atoms with Gasteiger partial charge in [-0.15, -0.1) is 0 Å². The van der Waals surface area contributed by atoms with E-state index in [9.17, 15) is 14.7 Å². The van der Waals surface area contributed by atoms with E-state index in [1.165, 1.54) is 0 Å². The highest BCUT2D eigenvalue weighted by atomic mass is 35.5. The van der Waals surface area contributed by atoms with Gasteiger partial charge in [-0.3, -0.25) is 4.79 Å². The van der Waals surface area contributed by atoms with Crippen LogP contribution in [0.1, 0.15) is 59.7 Å². The summed E-state index contributed by atoms with van der Waals surface area (Å²) < 4.78 is 0. The van der Waals surface area contributed by atoms with Crippen LogP contribution in [-0.4, -0.2) is 46.7 Å². The van der Waals surface area contributed by atoms with E-state index in [0.29, 0.717) is 48.6 Å². The van der Waals surface area contributed by atoms with Gasteiger partial charge in [-0.2, -0.15) is 0 Å². The molecule has 5 N–H and O–H groups in total. The Bertz CT molecular complexity index is 1330. The third kappa shape index (κ3) is 6.66. The van der Waals surface area contributed by atoms with Gasteiger partial charge < -0.3 is 26.2 Å². The zero-order valence-corrected chi connectivity index (χ0v) is 23.7. The molecule has 0 unspecified atom stereocenters. The maximum absolute atomic E-state index is 13.5. The molecule has 0 saturated carbocycles. The van der Waals surface area contributed by atoms with Crippen molar-refractivity contribution in [1.29, 1.82) is 0 Å². The normalized spacial score (nSPS) is 16.8. The topological polar surface area (TPSA) is 116 Å². The van der Waals surface area contributed by atoms with Crippen molar-refractivity contribution in [2.75, 3.05) is 19.6 Å². The van der Waals surface area contributed by atoms with Crippen LogP contribution < -0.4 is 11.1 Å². The van der Waals surface area contributed by atoms with Gasteiger partial charge in [-0.1, -0.05) is 67.1 Å². The Balaban J connectivity index is 1.71. The minimum atomic E-state index is -1.34. The average Bonchev–Trinajstić information content (AvgIpc) is 2.98. The summed E-state index contributed by atoms with van der Waals surface area (Å²) in [7, 11) is 0. The quantitative estimate of drug-likeness (QED) is 0.232. The van der Waals surface area contributed by atoms with Crippen LogP contribution in [0.4, 0.5) is 4.79 Å². The van der Waals surface area contributed by atoms with Gasteiger partial charge in [0.2, 0.25) is 0 Å². The van der Waals surface area contributed by atoms with Crippen LogP contribution >= 0.6 is 11.6 Å². The predicted octanol–water partition coefficient (Wildman–Crippen LogP) is 5.82. The summed E-state index contributed by atoms with van der Waals surface area (Å²) >= 11 is 6.82. The SMILES string of the molecule is CCc1cccc(-c2c(Cl)cccc2[C@](O)(CCCNC(=O)O)[C@@H]2CCCN(C(=O)c3ccc(CN)cc3)C2)c1. The van der Waals surface area contributed by atoms with Crippen molar-refractivity contribution in [3.63, 3.8) is 0 Å². The summed E-state index contributed by atoms with van der Waals surface area (Å²) in [5.74, 6) is -0.352. The molecule has 7 nitrogen and oxygen atoms in total. The number of aliphatic hydroxyl groups is 1. The highest BCUT2D eigenvalue weighted by Crippen LogP contribution is 2.45. The molecule has 2 amide bonds. The van der Waals surface area contributed by atoms with E-state index in [1.54, 1.807) is 12.1 Å². The second-order valence-electron chi connectivity index (χ2n) is 10.5. The molecule has 2 atom stereocenters. The predicted molar refractivity (Wildman–Crippen MR) is 158 cm³/mol. The molecule has 4 rings (SSSR count). The number of carbonyl (C=O) groups is 2. The number of rotatable bonds is 10. The molecular formula is C32H38ClN3O4. The van der Waals surface area contributed by atoms with Gasteiger partial charge in [0.1, 0.15) is 0 Å². The third-order valence-corrected chi connectivity index (χ3v) is 8.25. The molecule has 40 heavy (non-hydrogen) atoms. The fraction of sp³-hybridized carbons (Fsp3) is 0.375. The Labute approximate surface area is 241 Å². The Morgan fingerprint density at radius 1 is 1.10 bits per heavy atom. The van der Waals surface area contributed by atoms with Gasteiger partial charge in [0.25, 0.3) is 5.91 Å². The van der Waals surface area contributed by atoms with E-state index in [2.05, 4.69) is 24.4 Å². The van der Waals surface area contributed by atoms with E-state index < -0.39 is 11.7 Å². The number of nitrogens with zero attached hydrogens (tertiary/aromatic N) is 1. The number of aryl methyl sites for hydroxylation is 1. The summed E-state index contributed by atoms with van der Waals surface area (Å²) in [5, 5.41) is 24.6. The fourth-order valence-corrected chi connectivity index (χ4v) is 6.04. The zero-order valence-electron chi connectivity index (χ0n) is 22.9. The molecule has 0 aromatic heterocycles. The number of likely N-dealkylation sites (tertiary alicyclic amines) is 1. The molecule has 0 radical (unpaired) electrons. The molecule has 1 aliphatic rings. The summed E-state index contributed by atoms with van der Waals surface area (Å²) in [6.45, 7) is 3.69. The second-order valence-corrected chi connectivity index (χ2v) is 10.9. The molecule has 1 aliphatic heterocycles. The zero-order chi connectivity index (χ0) is 28.7.